The lowest BCUT2D eigenvalue weighted by Gasteiger charge is -2.07. The van der Waals surface area contributed by atoms with Gasteiger partial charge < -0.3 is 0 Å². The third-order valence-corrected chi connectivity index (χ3v) is 2.26. The van der Waals surface area contributed by atoms with Crippen LogP contribution in [0.15, 0.2) is 24.3 Å². The van der Waals surface area contributed by atoms with E-state index in [0.29, 0.717) is 5.92 Å². The van der Waals surface area contributed by atoms with E-state index in [-0.39, 0.29) is 0 Å². The molecule has 0 heteroatoms. The molecule has 0 bridgehead atoms. The largest absolute Gasteiger partial charge is 0.115 e. The molecule has 0 aliphatic rings. The number of rotatable bonds is 2. The second-order valence-electron chi connectivity index (χ2n) is 3.08. The van der Waals surface area contributed by atoms with Crippen LogP contribution in [0.5, 0.6) is 0 Å². The van der Waals surface area contributed by atoms with Crippen LogP contribution in [0, 0.1) is 12.3 Å². The van der Waals surface area contributed by atoms with E-state index in [0.717, 1.165) is 5.56 Å². The second-order valence-corrected chi connectivity index (χ2v) is 3.08. The van der Waals surface area contributed by atoms with Crippen LogP contribution in [0.25, 0.3) is 0 Å². The van der Waals surface area contributed by atoms with Gasteiger partial charge >= 0.3 is 0 Å². The maximum Gasteiger partial charge on any atom is 0.0242 e. The van der Waals surface area contributed by atoms with Gasteiger partial charge in [-0.1, -0.05) is 31.9 Å². The summed E-state index contributed by atoms with van der Waals surface area (Å²) in [6, 6.07) is 8.23. The van der Waals surface area contributed by atoms with Gasteiger partial charge in [0.1, 0.15) is 0 Å². The summed E-state index contributed by atoms with van der Waals surface area (Å²) in [6.45, 7) is 4.42. The first-order chi connectivity index (χ1) is 5.77. The molecule has 1 aromatic carbocycles. The number of hydrogen-bond donors (Lipinski definition) is 0. The van der Waals surface area contributed by atoms with Gasteiger partial charge in [-0.15, -0.1) is 6.42 Å². The number of terminal acetylenes is 1. The first-order valence-corrected chi connectivity index (χ1v) is 4.34. The van der Waals surface area contributed by atoms with Crippen molar-refractivity contribution < 1.29 is 0 Å². The zero-order chi connectivity index (χ0) is 8.97. The zero-order valence-electron chi connectivity index (χ0n) is 7.67. The Morgan fingerprint density at radius 1 is 1.33 bits per heavy atom. The van der Waals surface area contributed by atoms with Crippen LogP contribution in [0.2, 0.25) is 0 Å². The molecule has 0 fully saturated rings. The lowest BCUT2D eigenvalue weighted by atomic mass is 9.98. The van der Waals surface area contributed by atoms with Crippen molar-refractivity contribution in [3.8, 4) is 12.3 Å². The molecule has 0 saturated carbocycles. The molecule has 1 atom stereocenters. The Kier molecular flexibility index (Phi) is 2.94. The molecule has 62 valence electrons. The minimum absolute atomic E-state index is 0.636. The Morgan fingerprint density at radius 3 is 2.33 bits per heavy atom. The maximum absolute atomic E-state index is 5.26. The molecule has 0 amide bonds. The third-order valence-electron chi connectivity index (χ3n) is 2.26. The molecular formula is C12H14. The number of hydrogen-bond acceptors (Lipinski definition) is 0. The summed E-state index contributed by atoms with van der Waals surface area (Å²) >= 11 is 0. The second kappa shape index (κ2) is 3.97. The Morgan fingerprint density at radius 2 is 1.92 bits per heavy atom. The Hall–Kier alpha value is -1.22. The normalized spacial score (nSPS) is 12.1. The van der Waals surface area contributed by atoms with Crippen molar-refractivity contribution >= 4 is 0 Å². The summed E-state index contributed by atoms with van der Waals surface area (Å²) in [7, 11) is 0. The fraction of sp³-hybridized carbons (Fsp3) is 0.333. The minimum atomic E-state index is 0.636. The highest BCUT2D eigenvalue weighted by molar-refractivity contribution is 5.35. The molecule has 12 heavy (non-hydrogen) atoms. The monoisotopic (exact) mass is 158 g/mol. The van der Waals surface area contributed by atoms with Crippen LogP contribution in [0.4, 0.5) is 0 Å². The zero-order valence-corrected chi connectivity index (χ0v) is 7.67. The van der Waals surface area contributed by atoms with Gasteiger partial charge in [-0.2, -0.15) is 0 Å². The molecule has 0 saturated heterocycles. The SMILES string of the molecule is C#Cc1ccc(C(C)CC)cc1. The molecule has 1 aromatic rings. The van der Waals surface area contributed by atoms with E-state index in [2.05, 4.69) is 31.9 Å². The fourth-order valence-electron chi connectivity index (χ4n) is 1.14. The number of benzene rings is 1. The minimum Gasteiger partial charge on any atom is -0.115 e. The van der Waals surface area contributed by atoms with Crippen LogP contribution in [0.1, 0.15) is 37.3 Å². The fourth-order valence-corrected chi connectivity index (χ4v) is 1.14. The predicted octanol–water partition coefficient (Wildman–Crippen LogP) is 3.18. The van der Waals surface area contributed by atoms with E-state index in [1.165, 1.54) is 12.0 Å². The third kappa shape index (κ3) is 1.89. The van der Waals surface area contributed by atoms with Gasteiger partial charge in [0.25, 0.3) is 0 Å². The van der Waals surface area contributed by atoms with Crippen molar-refractivity contribution in [1.29, 1.82) is 0 Å². The van der Waals surface area contributed by atoms with Gasteiger partial charge in [-0.3, -0.25) is 0 Å². The van der Waals surface area contributed by atoms with Gasteiger partial charge in [-0.25, -0.2) is 0 Å². The van der Waals surface area contributed by atoms with E-state index in [4.69, 9.17) is 6.42 Å². The summed E-state index contributed by atoms with van der Waals surface area (Å²) in [5, 5.41) is 0. The molecular weight excluding hydrogens is 144 g/mol. The summed E-state index contributed by atoms with van der Waals surface area (Å²) < 4.78 is 0. The van der Waals surface area contributed by atoms with Crippen molar-refractivity contribution in [3.05, 3.63) is 35.4 Å². The summed E-state index contributed by atoms with van der Waals surface area (Å²) in [5.41, 5.74) is 2.33. The van der Waals surface area contributed by atoms with E-state index < -0.39 is 0 Å². The molecule has 0 aliphatic carbocycles. The smallest absolute Gasteiger partial charge is 0.0242 e. The van der Waals surface area contributed by atoms with Crippen molar-refractivity contribution in [3.63, 3.8) is 0 Å². The lowest BCUT2D eigenvalue weighted by molar-refractivity contribution is 0.733. The van der Waals surface area contributed by atoms with Gasteiger partial charge in [0.05, 0.1) is 0 Å². The molecule has 0 radical (unpaired) electrons. The lowest BCUT2D eigenvalue weighted by Crippen LogP contribution is -1.90. The van der Waals surface area contributed by atoms with E-state index in [1.807, 2.05) is 12.1 Å². The summed E-state index contributed by atoms with van der Waals surface area (Å²) in [6.07, 6.45) is 6.43. The average Bonchev–Trinajstić information content (AvgIpc) is 2.17. The van der Waals surface area contributed by atoms with Crippen LogP contribution < -0.4 is 0 Å². The summed E-state index contributed by atoms with van der Waals surface area (Å²) in [4.78, 5) is 0. The first kappa shape index (κ1) is 8.87. The highest BCUT2D eigenvalue weighted by Crippen LogP contribution is 2.18. The standard InChI is InChI=1S/C12H14/c1-4-10(3)12-8-6-11(5-2)7-9-12/h2,6-10H,4H2,1,3H3. The van der Waals surface area contributed by atoms with E-state index in [9.17, 15) is 0 Å². The predicted molar refractivity (Wildman–Crippen MR) is 53.1 cm³/mol. The maximum atomic E-state index is 5.26. The highest BCUT2D eigenvalue weighted by Gasteiger charge is 2.00. The molecule has 0 nitrogen and oxygen atoms in total. The molecule has 0 spiro atoms. The Balaban J connectivity index is 2.86. The van der Waals surface area contributed by atoms with Crippen molar-refractivity contribution in [2.45, 2.75) is 26.2 Å². The average molecular weight is 158 g/mol. The molecule has 0 aromatic heterocycles. The highest BCUT2D eigenvalue weighted by atomic mass is 14.1. The quantitative estimate of drug-likeness (QED) is 0.580. The van der Waals surface area contributed by atoms with Crippen LogP contribution in [-0.4, -0.2) is 0 Å². The van der Waals surface area contributed by atoms with Crippen molar-refractivity contribution in [2.75, 3.05) is 0 Å². The molecule has 0 aliphatic heterocycles. The van der Waals surface area contributed by atoms with Gasteiger partial charge in [0, 0.05) is 5.56 Å². The molecule has 0 heterocycles. The Labute approximate surface area is 74.6 Å². The van der Waals surface area contributed by atoms with Crippen LogP contribution >= 0.6 is 0 Å². The van der Waals surface area contributed by atoms with E-state index >= 15 is 0 Å². The van der Waals surface area contributed by atoms with E-state index in [1.54, 1.807) is 0 Å². The van der Waals surface area contributed by atoms with Gasteiger partial charge in [0.2, 0.25) is 0 Å². The van der Waals surface area contributed by atoms with Crippen molar-refractivity contribution in [1.82, 2.24) is 0 Å². The summed E-state index contributed by atoms with van der Waals surface area (Å²) in [5.74, 6) is 3.25. The Bertz CT molecular complexity index is 274. The van der Waals surface area contributed by atoms with Gasteiger partial charge in [-0.05, 0) is 30.0 Å². The molecule has 1 unspecified atom stereocenters. The van der Waals surface area contributed by atoms with Gasteiger partial charge in [0.15, 0.2) is 0 Å². The van der Waals surface area contributed by atoms with Crippen LogP contribution in [-0.2, 0) is 0 Å². The molecule has 0 N–H and O–H groups in total. The van der Waals surface area contributed by atoms with Crippen LogP contribution in [0.3, 0.4) is 0 Å². The van der Waals surface area contributed by atoms with Crippen molar-refractivity contribution in [2.24, 2.45) is 0 Å². The molecule has 1 rings (SSSR count). The topological polar surface area (TPSA) is 0 Å². The first-order valence-electron chi connectivity index (χ1n) is 4.34.